The molecule has 9 heteroatoms. The van der Waals surface area contributed by atoms with E-state index in [0.717, 1.165) is 25.7 Å². The maximum Gasteiger partial charge on any atom is 0.279 e. The maximum absolute atomic E-state index is 11.9. The van der Waals surface area contributed by atoms with E-state index in [0.29, 0.717) is 13.1 Å². The van der Waals surface area contributed by atoms with Gasteiger partial charge in [-0.15, -0.1) is 0 Å². The molecular weight excluding hydrogens is 278 g/mol. The van der Waals surface area contributed by atoms with Crippen LogP contribution in [0.5, 0.6) is 0 Å². The van der Waals surface area contributed by atoms with Crippen LogP contribution in [-0.4, -0.2) is 46.5 Å². The number of hydrogen-bond acceptors (Lipinski definition) is 4. The molecule has 0 bridgehead atoms. The Morgan fingerprint density at radius 3 is 2.06 bits per heavy atom. The first-order chi connectivity index (χ1) is 8.31. The van der Waals surface area contributed by atoms with Gasteiger partial charge in [-0.2, -0.15) is 12.7 Å². The zero-order valence-electron chi connectivity index (χ0n) is 10.3. The summed E-state index contributed by atoms with van der Waals surface area (Å²) in [6.45, 7) is 1.16. The van der Waals surface area contributed by atoms with Crippen LogP contribution in [0.15, 0.2) is 0 Å². The average molecular weight is 299 g/mol. The fraction of sp³-hybridized carbons (Fsp3) is 1.00. The lowest BCUT2D eigenvalue weighted by atomic mass is 10.2. The van der Waals surface area contributed by atoms with Crippen LogP contribution in [0, 0.1) is 0 Å². The van der Waals surface area contributed by atoms with E-state index in [1.807, 2.05) is 0 Å². The van der Waals surface area contributed by atoms with Crippen molar-refractivity contribution >= 4 is 20.2 Å². The first-order valence-corrected chi connectivity index (χ1v) is 9.22. The van der Waals surface area contributed by atoms with Crippen molar-refractivity contribution in [1.29, 1.82) is 0 Å². The van der Waals surface area contributed by atoms with Crippen LogP contribution < -0.4 is 9.86 Å². The van der Waals surface area contributed by atoms with Gasteiger partial charge in [0.2, 0.25) is 10.0 Å². The SMILES string of the molecule is NS(=O)(=O)CCCNS(=O)(=O)N1CCCCCC1. The topological polar surface area (TPSA) is 110 Å². The predicted molar refractivity (Wildman–Crippen MR) is 69.6 cm³/mol. The van der Waals surface area contributed by atoms with Crippen molar-refractivity contribution < 1.29 is 16.8 Å². The van der Waals surface area contributed by atoms with E-state index >= 15 is 0 Å². The molecule has 0 aromatic carbocycles. The minimum atomic E-state index is -3.52. The minimum absolute atomic E-state index is 0.0925. The van der Waals surface area contributed by atoms with Crippen molar-refractivity contribution in [3.05, 3.63) is 0 Å². The molecule has 1 aliphatic heterocycles. The predicted octanol–water partition coefficient (Wildman–Crippen LogP) is -0.625. The smallest absolute Gasteiger partial charge is 0.229 e. The zero-order valence-corrected chi connectivity index (χ0v) is 12.0. The molecule has 7 nitrogen and oxygen atoms in total. The Balaban J connectivity index is 2.39. The quantitative estimate of drug-likeness (QED) is 0.637. The normalized spacial score (nSPS) is 19.6. The molecule has 1 rings (SSSR count). The van der Waals surface area contributed by atoms with Gasteiger partial charge in [-0.3, -0.25) is 0 Å². The van der Waals surface area contributed by atoms with Crippen LogP contribution >= 0.6 is 0 Å². The van der Waals surface area contributed by atoms with Gasteiger partial charge in [0.25, 0.3) is 10.2 Å². The third-order valence-corrected chi connectivity index (χ3v) is 5.27. The van der Waals surface area contributed by atoms with Crippen molar-refractivity contribution in [2.45, 2.75) is 32.1 Å². The van der Waals surface area contributed by atoms with E-state index in [9.17, 15) is 16.8 Å². The number of primary sulfonamides is 1. The molecule has 0 aromatic rings. The largest absolute Gasteiger partial charge is 0.279 e. The molecule has 1 fully saturated rings. The molecule has 1 aliphatic rings. The average Bonchev–Trinajstić information content (AvgIpc) is 2.52. The molecule has 0 atom stereocenters. The molecule has 0 radical (unpaired) electrons. The van der Waals surface area contributed by atoms with E-state index in [4.69, 9.17) is 5.14 Å². The summed E-state index contributed by atoms with van der Waals surface area (Å²) in [6.07, 6.45) is 4.04. The number of hydrogen-bond donors (Lipinski definition) is 2. The van der Waals surface area contributed by atoms with Crippen LogP contribution in [0.2, 0.25) is 0 Å². The fourth-order valence-electron chi connectivity index (χ4n) is 1.85. The molecule has 108 valence electrons. The van der Waals surface area contributed by atoms with E-state index < -0.39 is 20.2 Å². The Morgan fingerprint density at radius 1 is 1.00 bits per heavy atom. The number of nitrogens with two attached hydrogens (primary N) is 1. The Morgan fingerprint density at radius 2 is 1.56 bits per heavy atom. The Hall–Kier alpha value is -0.220. The van der Waals surface area contributed by atoms with Gasteiger partial charge in [0.05, 0.1) is 5.75 Å². The van der Waals surface area contributed by atoms with E-state index in [-0.39, 0.29) is 18.7 Å². The molecule has 0 saturated carbocycles. The summed E-state index contributed by atoms with van der Waals surface area (Å²) < 4.78 is 49.0. The van der Waals surface area contributed by atoms with Crippen LogP contribution in [0.1, 0.15) is 32.1 Å². The third-order valence-electron chi connectivity index (χ3n) is 2.80. The molecule has 1 saturated heterocycles. The lowest BCUT2D eigenvalue weighted by molar-refractivity contribution is 0.415. The Labute approximate surface area is 109 Å². The molecule has 3 N–H and O–H groups in total. The molecule has 0 spiro atoms. The molecule has 18 heavy (non-hydrogen) atoms. The van der Waals surface area contributed by atoms with E-state index in [2.05, 4.69) is 4.72 Å². The second-order valence-electron chi connectivity index (χ2n) is 4.43. The summed E-state index contributed by atoms with van der Waals surface area (Å²) in [6, 6.07) is 0. The van der Waals surface area contributed by atoms with Crippen LogP contribution in [-0.2, 0) is 20.2 Å². The number of rotatable bonds is 6. The number of nitrogens with zero attached hydrogens (tertiary/aromatic N) is 1. The summed E-state index contributed by atoms with van der Waals surface area (Å²) >= 11 is 0. The first kappa shape index (κ1) is 15.8. The van der Waals surface area contributed by atoms with Gasteiger partial charge < -0.3 is 0 Å². The lowest BCUT2D eigenvalue weighted by Gasteiger charge is -2.20. The van der Waals surface area contributed by atoms with Crippen molar-refractivity contribution in [2.75, 3.05) is 25.4 Å². The van der Waals surface area contributed by atoms with Gasteiger partial charge in [0, 0.05) is 19.6 Å². The molecule has 0 unspecified atom stereocenters. The minimum Gasteiger partial charge on any atom is -0.229 e. The molecule has 0 aromatic heterocycles. The van der Waals surface area contributed by atoms with Gasteiger partial charge in [0.1, 0.15) is 0 Å². The Bertz CT molecular complexity index is 438. The second kappa shape index (κ2) is 6.80. The summed E-state index contributed by atoms with van der Waals surface area (Å²) in [4.78, 5) is 0. The highest BCUT2D eigenvalue weighted by Gasteiger charge is 2.22. The van der Waals surface area contributed by atoms with Gasteiger partial charge in [-0.05, 0) is 19.3 Å². The summed E-state index contributed by atoms with van der Waals surface area (Å²) in [5.74, 6) is -0.213. The van der Waals surface area contributed by atoms with Crippen LogP contribution in [0.25, 0.3) is 0 Å². The standard InChI is InChI=1S/C9H21N3O4S2/c10-17(13,14)9-5-6-11-18(15,16)12-7-3-1-2-4-8-12/h11H,1-9H2,(H2,10,13,14). The van der Waals surface area contributed by atoms with Gasteiger partial charge >= 0.3 is 0 Å². The first-order valence-electron chi connectivity index (χ1n) is 6.06. The fourth-order valence-corrected chi connectivity index (χ4v) is 3.72. The molecule has 1 heterocycles. The van der Waals surface area contributed by atoms with Crippen molar-refractivity contribution in [1.82, 2.24) is 9.03 Å². The van der Waals surface area contributed by atoms with Crippen molar-refractivity contribution in [3.63, 3.8) is 0 Å². The van der Waals surface area contributed by atoms with Gasteiger partial charge in [-0.1, -0.05) is 12.8 Å². The Kier molecular flexibility index (Phi) is 5.99. The highest BCUT2D eigenvalue weighted by Crippen LogP contribution is 2.12. The maximum atomic E-state index is 11.9. The lowest BCUT2D eigenvalue weighted by Crippen LogP contribution is -2.41. The molecule has 0 amide bonds. The highest BCUT2D eigenvalue weighted by molar-refractivity contribution is 7.89. The summed E-state index contributed by atoms with van der Waals surface area (Å²) in [5, 5.41) is 4.83. The molecule has 0 aliphatic carbocycles. The van der Waals surface area contributed by atoms with E-state index in [1.54, 1.807) is 0 Å². The van der Waals surface area contributed by atoms with Gasteiger partial charge in [0.15, 0.2) is 0 Å². The van der Waals surface area contributed by atoms with Crippen LogP contribution in [0.4, 0.5) is 0 Å². The molecular formula is C9H21N3O4S2. The van der Waals surface area contributed by atoms with E-state index in [1.165, 1.54) is 4.31 Å². The highest BCUT2D eigenvalue weighted by atomic mass is 32.2. The van der Waals surface area contributed by atoms with Crippen molar-refractivity contribution in [2.24, 2.45) is 5.14 Å². The second-order valence-corrected chi connectivity index (χ2v) is 7.92. The van der Waals surface area contributed by atoms with Crippen molar-refractivity contribution in [3.8, 4) is 0 Å². The summed E-state index contributed by atoms with van der Waals surface area (Å²) in [7, 11) is -7.00. The monoisotopic (exact) mass is 299 g/mol. The van der Waals surface area contributed by atoms with Crippen LogP contribution in [0.3, 0.4) is 0 Å². The summed E-state index contributed by atoms with van der Waals surface area (Å²) in [5.41, 5.74) is 0. The number of sulfonamides is 1. The number of nitrogens with one attached hydrogen (secondary N) is 1. The van der Waals surface area contributed by atoms with Gasteiger partial charge in [-0.25, -0.2) is 18.3 Å². The third kappa shape index (κ3) is 6.10. The zero-order chi connectivity index (χ0) is 13.6.